The van der Waals surface area contributed by atoms with Gasteiger partial charge in [-0.25, -0.2) is 0 Å². The molecule has 0 amide bonds. The molecule has 0 aliphatic heterocycles. The highest BCUT2D eigenvalue weighted by atomic mass is 16.4. The summed E-state index contributed by atoms with van der Waals surface area (Å²) >= 11 is 0. The minimum absolute atomic E-state index is 0.143. The van der Waals surface area contributed by atoms with E-state index in [0.29, 0.717) is 11.8 Å². The van der Waals surface area contributed by atoms with Crippen LogP contribution in [0, 0.1) is 0 Å². The van der Waals surface area contributed by atoms with Crippen molar-refractivity contribution in [3.05, 3.63) is 35.7 Å². The van der Waals surface area contributed by atoms with E-state index in [0.717, 1.165) is 5.56 Å². The fourth-order valence-corrected chi connectivity index (χ4v) is 1.65. The molecule has 0 aliphatic carbocycles. The van der Waals surface area contributed by atoms with Crippen LogP contribution in [0.25, 0.3) is 11.5 Å². The van der Waals surface area contributed by atoms with Crippen LogP contribution in [0.15, 0.2) is 28.7 Å². The summed E-state index contributed by atoms with van der Waals surface area (Å²) in [5.74, 6) is 0.979. The molecule has 96 valence electrons. The van der Waals surface area contributed by atoms with E-state index in [1.165, 1.54) is 5.56 Å². The van der Waals surface area contributed by atoms with Gasteiger partial charge in [-0.1, -0.05) is 32.9 Å². The summed E-state index contributed by atoms with van der Waals surface area (Å²) in [7, 11) is 0. The van der Waals surface area contributed by atoms with Gasteiger partial charge in [0.15, 0.2) is 0 Å². The van der Waals surface area contributed by atoms with Crippen LogP contribution in [-0.4, -0.2) is 10.2 Å². The van der Waals surface area contributed by atoms with Gasteiger partial charge < -0.3 is 10.2 Å². The smallest absolute Gasteiger partial charge is 0.247 e. The Hall–Kier alpha value is -1.68. The molecule has 2 N–H and O–H groups in total. The number of benzene rings is 1. The molecule has 18 heavy (non-hydrogen) atoms. The van der Waals surface area contributed by atoms with E-state index >= 15 is 0 Å². The van der Waals surface area contributed by atoms with Crippen LogP contribution in [0.5, 0.6) is 0 Å². The van der Waals surface area contributed by atoms with Gasteiger partial charge in [0, 0.05) is 5.56 Å². The summed E-state index contributed by atoms with van der Waals surface area (Å²) in [6.45, 7) is 8.37. The minimum Gasteiger partial charge on any atom is -0.419 e. The highest BCUT2D eigenvalue weighted by molar-refractivity contribution is 5.53. The Morgan fingerprint density at radius 3 is 2.17 bits per heavy atom. The van der Waals surface area contributed by atoms with Crippen LogP contribution < -0.4 is 5.73 Å². The highest BCUT2D eigenvalue weighted by Crippen LogP contribution is 2.26. The third-order valence-electron chi connectivity index (χ3n) is 2.83. The SMILES string of the molecule is CC(N)c1nnc(-c2ccc(C(C)(C)C)cc2)o1. The normalized spacial score (nSPS) is 13.6. The lowest BCUT2D eigenvalue weighted by Gasteiger charge is -2.18. The lowest BCUT2D eigenvalue weighted by Crippen LogP contribution is -2.10. The number of hydrogen-bond acceptors (Lipinski definition) is 4. The van der Waals surface area contributed by atoms with Crippen molar-refractivity contribution >= 4 is 0 Å². The van der Waals surface area contributed by atoms with Crippen LogP contribution in [0.2, 0.25) is 0 Å². The average Bonchev–Trinajstić information content (AvgIpc) is 2.77. The summed E-state index contributed by atoms with van der Waals surface area (Å²) in [6, 6.07) is 7.94. The zero-order valence-corrected chi connectivity index (χ0v) is 11.3. The molecule has 1 heterocycles. The van der Waals surface area contributed by atoms with E-state index in [4.69, 9.17) is 10.2 Å². The highest BCUT2D eigenvalue weighted by Gasteiger charge is 2.15. The molecule has 4 nitrogen and oxygen atoms in total. The Labute approximate surface area is 107 Å². The number of hydrogen-bond donors (Lipinski definition) is 1. The topological polar surface area (TPSA) is 64.9 Å². The summed E-state index contributed by atoms with van der Waals surface area (Å²) in [6.07, 6.45) is 0. The fraction of sp³-hybridized carbons (Fsp3) is 0.429. The van der Waals surface area contributed by atoms with Crippen LogP contribution >= 0.6 is 0 Å². The largest absolute Gasteiger partial charge is 0.419 e. The molecule has 0 radical (unpaired) electrons. The van der Waals surface area contributed by atoms with Gasteiger partial charge in [0.2, 0.25) is 11.8 Å². The van der Waals surface area contributed by atoms with E-state index in [1.54, 1.807) is 0 Å². The lowest BCUT2D eigenvalue weighted by atomic mass is 9.87. The maximum absolute atomic E-state index is 5.69. The van der Waals surface area contributed by atoms with Gasteiger partial charge in [-0.15, -0.1) is 10.2 Å². The summed E-state index contributed by atoms with van der Waals surface area (Å²) in [4.78, 5) is 0. The van der Waals surface area contributed by atoms with Gasteiger partial charge in [-0.2, -0.15) is 0 Å². The molecule has 1 unspecified atom stereocenters. The van der Waals surface area contributed by atoms with Crippen molar-refractivity contribution in [3.63, 3.8) is 0 Å². The van der Waals surface area contributed by atoms with Crippen LogP contribution in [-0.2, 0) is 5.41 Å². The molecule has 0 fully saturated rings. The van der Waals surface area contributed by atoms with Crippen molar-refractivity contribution in [2.24, 2.45) is 5.73 Å². The molecule has 0 saturated heterocycles. The monoisotopic (exact) mass is 245 g/mol. The van der Waals surface area contributed by atoms with Crippen molar-refractivity contribution in [2.75, 3.05) is 0 Å². The minimum atomic E-state index is -0.236. The second-order valence-electron chi connectivity index (χ2n) is 5.56. The van der Waals surface area contributed by atoms with Gasteiger partial charge in [0.05, 0.1) is 6.04 Å². The molecule has 0 spiro atoms. The quantitative estimate of drug-likeness (QED) is 0.883. The molecule has 1 aromatic carbocycles. The second kappa shape index (κ2) is 4.53. The van der Waals surface area contributed by atoms with Gasteiger partial charge in [-0.3, -0.25) is 0 Å². The van der Waals surface area contributed by atoms with Crippen LogP contribution in [0.3, 0.4) is 0 Å². The Morgan fingerprint density at radius 2 is 1.72 bits per heavy atom. The molecule has 2 rings (SSSR count). The maximum atomic E-state index is 5.69. The van der Waals surface area contributed by atoms with Gasteiger partial charge >= 0.3 is 0 Å². The number of rotatable bonds is 2. The van der Waals surface area contributed by atoms with Crippen molar-refractivity contribution in [3.8, 4) is 11.5 Å². The first-order valence-corrected chi connectivity index (χ1v) is 6.08. The molecule has 0 aliphatic rings. The predicted molar refractivity (Wildman–Crippen MR) is 71.0 cm³/mol. The predicted octanol–water partition coefficient (Wildman–Crippen LogP) is 3.05. The summed E-state index contributed by atoms with van der Waals surface area (Å²) in [5, 5.41) is 7.92. The number of nitrogens with zero attached hydrogens (tertiary/aromatic N) is 2. The Kier molecular flexibility index (Phi) is 3.22. The third kappa shape index (κ3) is 2.59. The number of nitrogens with two attached hydrogens (primary N) is 1. The molecule has 1 atom stereocenters. The standard InChI is InChI=1S/C14H19N3O/c1-9(15)12-16-17-13(18-12)10-5-7-11(8-6-10)14(2,3)4/h5-9H,15H2,1-4H3. The molecular weight excluding hydrogens is 226 g/mol. The maximum Gasteiger partial charge on any atom is 0.247 e. The van der Waals surface area contributed by atoms with Crippen molar-refractivity contribution in [1.29, 1.82) is 0 Å². The molecule has 2 aromatic rings. The Morgan fingerprint density at radius 1 is 1.11 bits per heavy atom. The van der Waals surface area contributed by atoms with E-state index < -0.39 is 0 Å². The van der Waals surface area contributed by atoms with E-state index in [9.17, 15) is 0 Å². The van der Waals surface area contributed by atoms with Crippen molar-refractivity contribution < 1.29 is 4.42 Å². The molecule has 4 heteroatoms. The third-order valence-corrected chi connectivity index (χ3v) is 2.83. The molecule has 0 saturated carbocycles. The lowest BCUT2D eigenvalue weighted by molar-refractivity contribution is 0.473. The number of aromatic nitrogens is 2. The van der Waals surface area contributed by atoms with E-state index in [-0.39, 0.29) is 11.5 Å². The first-order chi connectivity index (χ1) is 8.38. The van der Waals surface area contributed by atoms with Crippen LogP contribution in [0.4, 0.5) is 0 Å². The average molecular weight is 245 g/mol. The van der Waals surface area contributed by atoms with Crippen molar-refractivity contribution in [2.45, 2.75) is 39.2 Å². The Bertz CT molecular complexity index is 521. The molecule has 1 aromatic heterocycles. The first kappa shape index (κ1) is 12.8. The first-order valence-electron chi connectivity index (χ1n) is 6.08. The summed E-state index contributed by atoms with van der Waals surface area (Å²) < 4.78 is 5.51. The summed E-state index contributed by atoms with van der Waals surface area (Å²) in [5.41, 5.74) is 8.03. The van der Waals surface area contributed by atoms with Gasteiger partial charge in [0.1, 0.15) is 0 Å². The van der Waals surface area contributed by atoms with Crippen molar-refractivity contribution in [1.82, 2.24) is 10.2 Å². The fourth-order valence-electron chi connectivity index (χ4n) is 1.65. The molecular formula is C14H19N3O. The second-order valence-corrected chi connectivity index (χ2v) is 5.56. The zero-order chi connectivity index (χ0) is 13.3. The van der Waals surface area contributed by atoms with Gasteiger partial charge in [0.25, 0.3) is 0 Å². The molecule has 0 bridgehead atoms. The van der Waals surface area contributed by atoms with Crippen LogP contribution in [0.1, 0.15) is 45.2 Å². The van der Waals surface area contributed by atoms with E-state index in [2.05, 4.69) is 43.1 Å². The van der Waals surface area contributed by atoms with Gasteiger partial charge in [-0.05, 0) is 30.0 Å². The zero-order valence-electron chi connectivity index (χ0n) is 11.3. The van der Waals surface area contributed by atoms with E-state index in [1.807, 2.05) is 19.1 Å². The Balaban J connectivity index is 2.29.